The number of halogens is 1. The molecule has 0 spiro atoms. The van der Waals surface area contributed by atoms with Gasteiger partial charge in [-0.15, -0.1) is 0 Å². The van der Waals surface area contributed by atoms with Crippen molar-refractivity contribution in [2.75, 3.05) is 20.2 Å². The average Bonchev–Trinajstić information content (AvgIpc) is 2.36. The van der Waals surface area contributed by atoms with Gasteiger partial charge >= 0.3 is 0 Å². The molecular formula is C13H16FNO4S. The van der Waals surface area contributed by atoms with Gasteiger partial charge < -0.3 is 10.2 Å². The highest BCUT2D eigenvalue weighted by molar-refractivity contribution is 7.89. The molecule has 7 heteroatoms. The van der Waals surface area contributed by atoms with Gasteiger partial charge in [0.25, 0.3) is 0 Å². The third-order valence-corrected chi connectivity index (χ3v) is 4.29. The van der Waals surface area contributed by atoms with E-state index < -0.39 is 28.6 Å². The first kappa shape index (κ1) is 16.6. The molecule has 0 radical (unpaired) electrons. The van der Waals surface area contributed by atoms with Crippen LogP contribution in [0.2, 0.25) is 0 Å². The second-order valence-electron chi connectivity index (χ2n) is 4.24. The van der Waals surface area contributed by atoms with Crippen molar-refractivity contribution < 1.29 is 23.0 Å². The smallest absolute Gasteiger partial charge is 0.243 e. The Morgan fingerprint density at radius 3 is 2.60 bits per heavy atom. The molecule has 0 bridgehead atoms. The molecule has 1 aromatic carbocycles. The summed E-state index contributed by atoms with van der Waals surface area (Å²) in [6, 6.07) is 3.34. The Kier molecular flexibility index (Phi) is 5.65. The predicted molar refractivity (Wildman–Crippen MR) is 71.9 cm³/mol. The van der Waals surface area contributed by atoms with E-state index >= 15 is 0 Å². The summed E-state index contributed by atoms with van der Waals surface area (Å²) in [5, 5.41) is 17.7. The van der Waals surface area contributed by atoms with Crippen LogP contribution in [0.3, 0.4) is 0 Å². The van der Waals surface area contributed by atoms with E-state index in [0.717, 1.165) is 10.4 Å². The van der Waals surface area contributed by atoms with Gasteiger partial charge in [-0.2, -0.15) is 4.31 Å². The molecule has 2 N–H and O–H groups in total. The lowest BCUT2D eigenvalue weighted by Gasteiger charge is -2.18. The van der Waals surface area contributed by atoms with Crippen molar-refractivity contribution in [3.63, 3.8) is 0 Å². The molecule has 0 fully saturated rings. The largest absolute Gasteiger partial charge is 0.392 e. The standard InChI is InChI=1S/C13H16FNO4S/c1-10(17)9-15(2)20(18,19)12-6-5-11(4-3-7-16)13(14)8-12/h5-6,8,10,16-17H,7,9H2,1-2H3. The molecule has 1 rings (SSSR count). The highest BCUT2D eigenvalue weighted by atomic mass is 32.2. The lowest BCUT2D eigenvalue weighted by molar-refractivity contribution is 0.171. The molecular weight excluding hydrogens is 285 g/mol. The van der Waals surface area contributed by atoms with Gasteiger partial charge in [0.1, 0.15) is 12.4 Å². The Labute approximate surface area is 117 Å². The molecule has 1 aromatic rings. The first-order chi connectivity index (χ1) is 9.28. The highest BCUT2D eigenvalue weighted by Crippen LogP contribution is 2.18. The summed E-state index contributed by atoms with van der Waals surface area (Å²) in [6.45, 7) is 0.965. The summed E-state index contributed by atoms with van der Waals surface area (Å²) in [5.74, 6) is 3.88. The zero-order valence-corrected chi connectivity index (χ0v) is 12.0. The lowest BCUT2D eigenvalue weighted by Crippen LogP contribution is -2.33. The van der Waals surface area contributed by atoms with Gasteiger partial charge in [-0.25, -0.2) is 12.8 Å². The number of hydrogen-bond acceptors (Lipinski definition) is 4. The van der Waals surface area contributed by atoms with Crippen LogP contribution in [-0.4, -0.2) is 49.2 Å². The van der Waals surface area contributed by atoms with E-state index in [9.17, 15) is 17.9 Å². The van der Waals surface area contributed by atoms with E-state index in [1.165, 1.54) is 26.1 Å². The van der Waals surface area contributed by atoms with Crippen molar-refractivity contribution in [1.82, 2.24) is 4.31 Å². The van der Waals surface area contributed by atoms with E-state index in [4.69, 9.17) is 5.11 Å². The molecule has 20 heavy (non-hydrogen) atoms. The number of aliphatic hydroxyl groups excluding tert-OH is 2. The van der Waals surface area contributed by atoms with Crippen molar-refractivity contribution in [3.8, 4) is 11.8 Å². The minimum atomic E-state index is -3.86. The number of hydrogen-bond donors (Lipinski definition) is 2. The zero-order chi connectivity index (χ0) is 15.3. The fourth-order valence-electron chi connectivity index (χ4n) is 1.54. The van der Waals surface area contributed by atoms with E-state index in [-0.39, 0.29) is 17.0 Å². The molecule has 0 aliphatic rings. The van der Waals surface area contributed by atoms with Crippen LogP contribution < -0.4 is 0 Å². The Morgan fingerprint density at radius 1 is 1.45 bits per heavy atom. The molecule has 1 unspecified atom stereocenters. The van der Waals surface area contributed by atoms with Crippen LogP contribution in [0.4, 0.5) is 4.39 Å². The van der Waals surface area contributed by atoms with Crippen molar-refractivity contribution >= 4 is 10.0 Å². The van der Waals surface area contributed by atoms with Crippen molar-refractivity contribution in [3.05, 3.63) is 29.6 Å². The van der Waals surface area contributed by atoms with Crippen LogP contribution in [0.5, 0.6) is 0 Å². The number of sulfonamides is 1. The van der Waals surface area contributed by atoms with E-state index in [0.29, 0.717) is 0 Å². The van der Waals surface area contributed by atoms with Crippen molar-refractivity contribution in [2.24, 2.45) is 0 Å². The molecule has 0 heterocycles. The van der Waals surface area contributed by atoms with Crippen LogP contribution in [0.25, 0.3) is 0 Å². The van der Waals surface area contributed by atoms with Crippen LogP contribution in [0, 0.1) is 17.7 Å². The molecule has 110 valence electrons. The summed E-state index contributed by atoms with van der Waals surface area (Å²) in [6.07, 6.45) is -0.825. The molecule has 0 amide bonds. The first-order valence-electron chi connectivity index (χ1n) is 5.82. The molecule has 0 aliphatic heterocycles. The Morgan fingerprint density at radius 2 is 2.10 bits per heavy atom. The SMILES string of the molecule is CC(O)CN(C)S(=O)(=O)c1ccc(C#CCO)c(F)c1. The van der Waals surface area contributed by atoms with Crippen LogP contribution >= 0.6 is 0 Å². The number of likely N-dealkylation sites (N-methyl/N-ethyl adjacent to an activating group) is 1. The average molecular weight is 301 g/mol. The quantitative estimate of drug-likeness (QED) is 0.777. The van der Waals surface area contributed by atoms with E-state index in [1.807, 2.05) is 0 Å². The number of benzene rings is 1. The molecule has 0 aromatic heterocycles. The molecule has 1 atom stereocenters. The predicted octanol–water partition coefficient (Wildman–Crippen LogP) is 0.171. The molecule has 0 saturated heterocycles. The van der Waals surface area contributed by atoms with Gasteiger partial charge in [0, 0.05) is 13.6 Å². The minimum absolute atomic E-state index is 0.0104. The van der Waals surface area contributed by atoms with Gasteiger partial charge in [0.15, 0.2) is 0 Å². The number of rotatable bonds is 4. The third-order valence-electron chi connectivity index (χ3n) is 2.47. The molecule has 0 aliphatic carbocycles. The third kappa shape index (κ3) is 4.02. The molecule has 5 nitrogen and oxygen atoms in total. The maximum absolute atomic E-state index is 13.7. The normalized spacial score (nSPS) is 12.9. The second-order valence-corrected chi connectivity index (χ2v) is 6.28. The zero-order valence-electron chi connectivity index (χ0n) is 11.2. The first-order valence-corrected chi connectivity index (χ1v) is 7.26. The number of aliphatic hydroxyl groups is 2. The van der Waals surface area contributed by atoms with Gasteiger partial charge in [0.05, 0.1) is 16.6 Å². The highest BCUT2D eigenvalue weighted by Gasteiger charge is 2.22. The summed E-state index contributed by atoms with van der Waals surface area (Å²) < 4.78 is 38.9. The van der Waals surface area contributed by atoms with Crippen molar-refractivity contribution in [1.29, 1.82) is 0 Å². The Balaban J connectivity index is 3.12. The van der Waals surface area contributed by atoms with E-state index in [1.54, 1.807) is 0 Å². The van der Waals surface area contributed by atoms with Gasteiger partial charge in [0.2, 0.25) is 10.0 Å². The maximum Gasteiger partial charge on any atom is 0.243 e. The van der Waals surface area contributed by atoms with E-state index in [2.05, 4.69) is 11.8 Å². The number of nitrogens with zero attached hydrogens (tertiary/aromatic N) is 1. The van der Waals surface area contributed by atoms with Crippen LogP contribution in [-0.2, 0) is 10.0 Å². The maximum atomic E-state index is 13.7. The van der Waals surface area contributed by atoms with Crippen LogP contribution in [0.15, 0.2) is 23.1 Å². The summed E-state index contributed by atoms with van der Waals surface area (Å²) >= 11 is 0. The monoisotopic (exact) mass is 301 g/mol. The fraction of sp³-hybridized carbons (Fsp3) is 0.385. The van der Waals surface area contributed by atoms with Gasteiger partial charge in [-0.05, 0) is 25.1 Å². The Hall–Kier alpha value is -1.46. The van der Waals surface area contributed by atoms with Gasteiger partial charge in [-0.3, -0.25) is 0 Å². The summed E-state index contributed by atoms with van der Waals surface area (Å²) in [5.41, 5.74) is 0.0104. The van der Waals surface area contributed by atoms with Crippen molar-refractivity contribution in [2.45, 2.75) is 17.9 Å². The topological polar surface area (TPSA) is 77.8 Å². The Bertz CT molecular complexity index is 632. The molecule has 0 saturated carbocycles. The minimum Gasteiger partial charge on any atom is -0.392 e. The lowest BCUT2D eigenvalue weighted by atomic mass is 10.2. The summed E-state index contributed by atoms with van der Waals surface area (Å²) in [7, 11) is -2.55. The summed E-state index contributed by atoms with van der Waals surface area (Å²) in [4.78, 5) is -0.215. The fourth-order valence-corrected chi connectivity index (χ4v) is 2.81. The van der Waals surface area contributed by atoms with Crippen LogP contribution in [0.1, 0.15) is 12.5 Å². The second kappa shape index (κ2) is 6.81. The van der Waals surface area contributed by atoms with Gasteiger partial charge in [-0.1, -0.05) is 11.8 Å².